The molecule has 0 radical (unpaired) electrons. The lowest BCUT2D eigenvalue weighted by Gasteiger charge is -2.18. The first kappa shape index (κ1) is 10.8. The summed E-state index contributed by atoms with van der Waals surface area (Å²) in [6, 6.07) is 4.76. The quantitative estimate of drug-likeness (QED) is 0.620. The Hall–Kier alpha value is -1.26. The zero-order valence-electron chi connectivity index (χ0n) is 8.40. The van der Waals surface area contributed by atoms with E-state index in [2.05, 4.69) is 0 Å². The number of aliphatic hydroxyl groups is 1. The third kappa shape index (κ3) is 2.16. The molecule has 0 saturated heterocycles. The van der Waals surface area contributed by atoms with Crippen LogP contribution in [0.2, 0.25) is 0 Å². The van der Waals surface area contributed by atoms with Crippen molar-refractivity contribution in [2.75, 3.05) is 12.8 Å². The molecule has 0 saturated carbocycles. The Morgan fingerprint density at radius 1 is 1.43 bits per heavy atom. The number of nitrogen functional groups attached to an aromatic ring is 1. The van der Waals surface area contributed by atoms with E-state index in [0.717, 1.165) is 0 Å². The van der Waals surface area contributed by atoms with Gasteiger partial charge in [0.1, 0.15) is 5.75 Å². The molecule has 0 spiro atoms. The molecule has 0 amide bonds. The molecule has 1 aromatic carbocycles. The van der Waals surface area contributed by atoms with Crippen LogP contribution >= 0.6 is 0 Å². The second-order valence-electron chi connectivity index (χ2n) is 3.31. The van der Waals surface area contributed by atoms with Crippen LogP contribution in [-0.4, -0.2) is 18.3 Å². The van der Waals surface area contributed by atoms with Crippen LogP contribution in [0.5, 0.6) is 5.75 Å². The zero-order valence-corrected chi connectivity index (χ0v) is 8.40. The van der Waals surface area contributed by atoms with Crippen LogP contribution in [0.15, 0.2) is 18.2 Å². The lowest BCUT2D eigenvalue weighted by atomic mass is 10.0. The van der Waals surface area contributed by atoms with Gasteiger partial charge in [-0.25, -0.2) is 0 Å². The monoisotopic (exact) mass is 196 g/mol. The first-order valence-corrected chi connectivity index (χ1v) is 4.43. The molecule has 14 heavy (non-hydrogen) atoms. The van der Waals surface area contributed by atoms with E-state index in [0.29, 0.717) is 17.0 Å². The normalized spacial score (nSPS) is 14.9. The Bertz CT molecular complexity index is 313. The van der Waals surface area contributed by atoms with Gasteiger partial charge in [0.15, 0.2) is 0 Å². The molecule has 0 bridgehead atoms. The maximum atomic E-state index is 9.75. The number of nitrogens with two attached hydrogens (primary N) is 2. The van der Waals surface area contributed by atoms with E-state index in [9.17, 15) is 5.11 Å². The highest BCUT2D eigenvalue weighted by Gasteiger charge is 2.16. The van der Waals surface area contributed by atoms with Crippen molar-refractivity contribution in [1.29, 1.82) is 0 Å². The van der Waals surface area contributed by atoms with E-state index in [1.54, 1.807) is 25.1 Å². The van der Waals surface area contributed by atoms with Crippen molar-refractivity contribution in [3.8, 4) is 5.75 Å². The lowest BCUT2D eigenvalue weighted by molar-refractivity contribution is 0.149. The van der Waals surface area contributed by atoms with Crippen molar-refractivity contribution in [3.63, 3.8) is 0 Å². The highest BCUT2D eigenvalue weighted by atomic mass is 16.5. The third-order valence-electron chi connectivity index (χ3n) is 2.07. The van der Waals surface area contributed by atoms with E-state index in [-0.39, 0.29) is 6.04 Å². The smallest absolute Gasteiger partial charge is 0.126 e. The van der Waals surface area contributed by atoms with E-state index in [4.69, 9.17) is 16.2 Å². The predicted molar refractivity (Wildman–Crippen MR) is 56.0 cm³/mol. The molecule has 0 aromatic heterocycles. The maximum Gasteiger partial charge on any atom is 0.126 e. The van der Waals surface area contributed by atoms with Crippen LogP contribution in [0.3, 0.4) is 0 Å². The number of benzene rings is 1. The molecule has 1 rings (SSSR count). The standard InChI is InChI=1S/C10H16N2O2/c1-6(11)10(13)8-4-3-7(12)5-9(8)14-2/h3-6,10,13H,11-12H2,1-2H3/t6-,10-/m0/s1. The summed E-state index contributed by atoms with van der Waals surface area (Å²) in [5.74, 6) is 0.565. The Morgan fingerprint density at radius 3 is 2.57 bits per heavy atom. The van der Waals surface area contributed by atoms with Crippen LogP contribution in [0, 0.1) is 0 Å². The molecular weight excluding hydrogens is 180 g/mol. The topological polar surface area (TPSA) is 81.5 Å². The summed E-state index contributed by atoms with van der Waals surface area (Å²) in [6.07, 6.45) is -0.731. The molecule has 0 aliphatic rings. The van der Waals surface area contributed by atoms with E-state index in [1.165, 1.54) is 7.11 Å². The number of rotatable bonds is 3. The number of ether oxygens (including phenoxy) is 1. The molecule has 78 valence electrons. The molecule has 0 aliphatic carbocycles. The first-order chi connectivity index (χ1) is 6.56. The molecule has 4 nitrogen and oxygen atoms in total. The van der Waals surface area contributed by atoms with Crippen molar-refractivity contribution in [2.45, 2.75) is 19.1 Å². The second-order valence-corrected chi connectivity index (χ2v) is 3.31. The van der Waals surface area contributed by atoms with Gasteiger partial charge in [-0.15, -0.1) is 0 Å². The van der Waals surface area contributed by atoms with Gasteiger partial charge in [0.05, 0.1) is 13.2 Å². The Labute approximate surface area is 83.5 Å². The Morgan fingerprint density at radius 2 is 2.07 bits per heavy atom. The van der Waals surface area contributed by atoms with Gasteiger partial charge in [-0.05, 0) is 13.0 Å². The number of aliphatic hydroxyl groups excluding tert-OH is 1. The Kier molecular flexibility index (Phi) is 3.33. The van der Waals surface area contributed by atoms with Crippen molar-refractivity contribution < 1.29 is 9.84 Å². The molecule has 0 unspecified atom stereocenters. The fourth-order valence-electron chi connectivity index (χ4n) is 1.26. The minimum Gasteiger partial charge on any atom is -0.496 e. The average Bonchev–Trinajstić information content (AvgIpc) is 2.16. The summed E-state index contributed by atoms with van der Waals surface area (Å²) in [5.41, 5.74) is 12.4. The van der Waals surface area contributed by atoms with Crippen LogP contribution in [0.25, 0.3) is 0 Å². The van der Waals surface area contributed by atoms with Gasteiger partial charge in [-0.1, -0.05) is 6.07 Å². The molecule has 0 aliphatic heterocycles. The molecule has 0 fully saturated rings. The lowest BCUT2D eigenvalue weighted by Crippen LogP contribution is -2.24. The summed E-state index contributed by atoms with van der Waals surface area (Å²) in [4.78, 5) is 0. The fourth-order valence-corrected chi connectivity index (χ4v) is 1.26. The largest absolute Gasteiger partial charge is 0.496 e. The van der Waals surface area contributed by atoms with Crippen molar-refractivity contribution in [2.24, 2.45) is 5.73 Å². The number of anilines is 1. The highest BCUT2D eigenvalue weighted by Crippen LogP contribution is 2.28. The number of hydrogen-bond acceptors (Lipinski definition) is 4. The Balaban J connectivity index is 3.07. The van der Waals surface area contributed by atoms with Gasteiger partial charge in [-0.3, -0.25) is 0 Å². The van der Waals surface area contributed by atoms with Crippen molar-refractivity contribution in [3.05, 3.63) is 23.8 Å². The first-order valence-electron chi connectivity index (χ1n) is 4.43. The minimum atomic E-state index is -0.731. The van der Waals surface area contributed by atoms with Crippen LogP contribution in [-0.2, 0) is 0 Å². The van der Waals surface area contributed by atoms with Gasteiger partial charge >= 0.3 is 0 Å². The van der Waals surface area contributed by atoms with Crippen LogP contribution in [0.1, 0.15) is 18.6 Å². The van der Waals surface area contributed by atoms with E-state index < -0.39 is 6.10 Å². The third-order valence-corrected chi connectivity index (χ3v) is 2.07. The summed E-state index contributed by atoms with van der Waals surface area (Å²) in [6.45, 7) is 1.74. The average molecular weight is 196 g/mol. The second kappa shape index (κ2) is 4.30. The number of hydrogen-bond donors (Lipinski definition) is 3. The van der Waals surface area contributed by atoms with Gasteiger partial charge in [0, 0.05) is 23.4 Å². The molecule has 5 N–H and O–H groups in total. The molecular formula is C10H16N2O2. The van der Waals surface area contributed by atoms with E-state index >= 15 is 0 Å². The summed E-state index contributed by atoms with van der Waals surface area (Å²) in [5, 5.41) is 9.75. The maximum absolute atomic E-state index is 9.75. The summed E-state index contributed by atoms with van der Waals surface area (Å²) < 4.78 is 5.10. The molecule has 1 aromatic rings. The molecule has 2 atom stereocenters. The predicted octanol–water partition coefficient (Wildman–Crippen LogP) is 0.658. The van der Waals surface area contributed by atoms with Crippen molar-refractivity contribution in [1.82, 2.24) is 0 Å². The summed E-state index contributed by atoms with van der Waals surface area (Å²) >= 11 is 0. The van der Waals surface area contributed by atoms with Crippen LogP contribution < -0.4 is 16.2 Å². The van der Waals surface area contributed by atoms with Gasteiger partial charge < -0.3 is 21.3 Å². The SMILES string of the molecule is COc1cc(N)ccc1[C@@H](O)[C@H](C)N. The molecule has 4 heteroatoms. The fraction of sp³-hybridized carbons (Fsp3) is 0.400. The van der Waals surface area contributed by atoms with Gasteiger partial charge in [0.2, 0.25) is 0 Å². The van der Waals surface area contributed by atoms with Crippen molar-refractivity contribution >= 4 is 5.69 Å². The van der Waals surface area contributed by atoms with Gasteiger partial charge in [-0.2, -0.15) is 0 Å². The zero-order chi connectivity index (χ0) is 10.7. The minimum absolute atomic E-state index is 0.340. The number of methoxy groups -OCH3 is 1. The van der Waals surface area contributed by atoms with E-state index in [1.807, 2.05) is 0 Å². The summed E-state index contributed by atoms with van der Waals surface area (Å²) in [7, 11) is 1.53. The molecule has 0 heterocycles. The van der Waals surface area contributed by atoms with Crippen LogP contribution in [0.4, 0.5) is 5.69 Å². The van der Waals surface area contributed by atoms with Gasteiger partial charge in [0.25, 0.3) is 0 Å². The highest BCUT2D eigenvalue weighted by molar-refractivity contribution is 5.49.